The van der Waals surface area contributed by atoms with Gasteiger partial charge in [-0.05, 0) is 61.5 Å². The van der Waals surface area contributed by atoms with Crippen molar-refractivity contribution >= 4 is 43.9 Å². The Morgan fingerprint density at radius 3 is 2.68 bits per heavy atom. The van der Waals surface area contributed by atoms with Gasteiger partial charge in [0.05, 0.1) is 16.1 Å². The first kappa shape index (κ1) is 22.4. The van der Waals surface area contributed by atoms with E-state index in [4.69, 9.17) is 11.6 Å². The minimum absolute atomic E-state index is 0.0440. The van der Waals surface area contributed by atoms with Gasteiger partial charge in [0.25, 0.3) is 15.6 Å². The van der Waals surface area contributed by atoms with Crippen LogP contribution in [0.15, 0.2) is 81.1 Å². The molecule has 3 heterocycles. The Morgan fingerprint density at radius 1 is 1.09 bits per heavy atom. The van der Waals surface area contributed by atoms with Gasteiger partial charge < -0.3 is 9.42 Å². The van der Waals surface area contributed by atoms with Gasteiger partial charge in [-0.1, -0.05) is 22.8 Å². The van der Waals surface area contributed by atoms with E-state index >= 15 is 0 Å². The zero-order valence-electron chi connectivity index (χ0n) is 18.2. The molecular weight excluding hydrogens is 476 g/mol. The summed E-state index contributed by atoms with van der Waals surface area (Å²) in [6.45, 7) is 1.72. The summed E-state index contributed by atoms with van der Waals surface area (Å²) in [5.41, 5.74) is 3.08. The van der Waals surface area contributed by atoms with Crippen molar-refractivity contribution in [3.63, 3.8) is 0 Å². The fraction of sp³-hybridized carbons (Fsp3) is 0.167. The highest BCUT2D eigenvalue weighted by molar-refractivity contribution is 7.92. The molecule has 1 N–H and O–H groups in total. The Morgan fingerprint density at radius 2 is 1.94 bits per heavy atom. The molecule has 0 unspecified atom stereocenters. The summed E-state index contributed by atoms with van der Waals surface area (Å²) >= 11 is 6.33. The van der Waals surface area contributed by atoms with Gasteiger partial charge in [0, 0.05) is 41.2 Å². The number of halogens is 1. The summed E-state index contributed by atoms with van der Waals surface area (Å²) in [4.78, 5) is 15.3. The topological polar surface area (TPSA) is 97.4 Å². The summed E-state index contributed by atoms with van der Waals surface area (Å²) < 4.78 is 34.3. The average molecular weight is 497 g/mol. The van der Waals surface area contributed by atoms with Gasteiger partial charge in [-0.2, -0.15) is 0 Å². The van der Waals surface area contributed by atoms with E-state index in [0.717, 1.165) is 30.6 Å². The molecular formula is C24H21ClN4O4S. The highest BCUT2D eigenvalue weighted by Gasteiger charge is 2.19. The molecule has 0 atom stereocenters. The van der Waals surface area contributed by atoms with E-state index in [1.807, 2.05) is 12.1 Å². The second-order valence-electron chi connectivity index (χ2n) is 8.12. The third-order valence-electron chi connectivity index (χ3n) is 5.81. The molecule has 174 valence electrons. The number of sulfonamides is 1. The minimum atomic E-state index is -3.89. The maximum Gasteiger partial charge on any atom is 0.263 e. The quantitative estimate of drug-likeness (QED) is 0.445. The summed E-state index contributed by atoms with van der Waals surface area (Å²) in [6.07, 6.45) is 4.26. The number of rotatable bonds is 5. The van der Waals surface area contributed by atoms with Crippen molar-refractivity contribution in [2.45, 2.75) is 11.3 Å². The first-order valence-corrected chi connectivity index (χ1v) is 12.4. The molecule has 2 aromatic heterocycles. The van der Waals surface area contributed by atoms with Crippen molar-refractivity contribution in [3.05, 3.63) is 87.9 Å². The van der Waals surface area contributed by atoms with Crippen molar-refractivity contribution in [2.24, 2.45) is 0 Å². The van der Waals surface area contributed by atoms with Gasteiger partial charge in [-0.25, -0.2) is 8.42 Å². The fourth-order valence-electron chi connectivity index (χ4n) is 4.08. The molecule has 34 heavy (non-hydrogen) atoms. The molecule has 0 saturated heterocycles. The predicted octanol–water partition coefficient (Wildman–Crippen LogP) is 4.15. The van der Waals surface area contributed by atoms with Crippen LogP contribution in [0.1, 0.15) is 12.0 Å². The van der Waals surface area contributed by atoms with Gasteiger partial charge in [-0.3, -0.25) is 14.1 Å². The van der Waals surface area contributed by atoms with Crippen LogP contribution in [-0.4, -0.2) is 43.2 Å². The highest BCUT2D eigenvalue weighted by Crippen LogP contribution is 2.31. The molecule has 1 aliphatic rings. The molecule has 0 amide bonds. The summed E-state index contributed by atoms with van der Waals surface area (Å²) in [6, 6.07) is 14.5. The van der Waals surface area contributed by atoms with Crippen molar-refractivity contribution in [1.29, 1.82) is 0 Å². The molecule has 0 bridgehead atoms. The van der Waals surface area contributed by atoms with E-state index in [9.17, 15) is 13.2 Å². The summed E-state index contributed by atoms with van der Waals surface area (Å²) in [5, 5.41) is 4.77. The molecule has 2 aromatic carbocycles. The number of likely N-dealkylation sites (N-methyl/N-ethyl adjacent to an activating group) is 1. The smallest absolute Gasteiger partial charge is 0.263 e. The number of fused-ring (bicyclic) bond motifs is 1. The Balaban J connectivity index is 1.64. The number of nitrogens with zero attached hydrogens (tertiary/aromatic N) is 3. The lowest BCUT2D eigenvalue weighted by Crippen LogP contribution is -2.24. The van der Waals surface area contributed by atoms with Gasteiger partial charge in [0.1, 0.15) is 6.26 Å². The fourth-order valence-corrected chi connectivity index (χ4v) is 5.28. The molecule has 0 spiro atoms. The molecule has 8 nitrogen and oxygen atoms in total. The number of hydrogen-bond acceptors (Lipinski definition) is 6. The van der Waals surface area contributed by atoms with Crippen LogP contribution in [0.2, 0.25) is 5.02 Å². The number of hydrogen-bond donors (Lipinski definition) is 1. The van der Waals surface area contributed by atoms with Crippen LogP contribution in [0, 0.1) is 0 Å². The molecule has 5 rings (SSSR count). The first-order chi connectivity index (χ1) is 16.3. The number of pyridine rings is 1. The lowest BCUT2D eigenvalue weighted by atomic mass is 9.97. The molecule has 10 heteroatoms. The van der Waals surface area contributed by atoms with Crippen LogP contribution in [0.25, 0.3) is 22.2 Å². The number of nitrogens with one attached hydrogen (secondary N) is 1. The SMILES string of the molecule is CN1CC=C(c2cc(Cl)ccc2-n2c(=O)ccc3cc(S(=O)(=O)Nc4ccon4)ccc32)CC1. The highest BCUT2D eigenvalue weighted by atomic mass is 35.5. The van der Waals surface area contributed by atoms with E-state index in [1.54, 1.807) is 22.8 Å². The van der Waals surface area contributed by atoms with Gasteiger partial charge in [0.15, 0.2) is 5.82 Å². The van der Waals surface area contributed by atoms with E-state index in [0.29, 0.717) is 21.6 Å². The second kappa shape index (κ2) is 8.75. The maximum atomic E-state index is 13.1. The van der Waals surface area contributed by atoms with Crippen molar-refractivity contribution in [3.8, 4) is 5.69 Å². The lowest BCUT2D eigenvalue weighted by molar-refractivity contribution is 0.370. The number of aromatic nitrogens is 2. The molecule has 0 saturated carbocycles. The van der Waals surface area contributed by atoms with E-state index in [1.165, 1.54) is 30.5 Å². The predicted molar refractivity (Wildman–Crippen MR) is 132 cm³/mol. The van der Waals surface area contributed by atoms with Crippen LogP contribution in [0.5, 0.6) is 0 Å². The Kier molecular flexibility index (Phi) is 5.76. The number of benzene rings is 2. The van der Waals surface area contributed by atoms with Gasteiger partial charge in [-0.15, -0.1) is 0 Å². The lowest BCUT2D eigenvalue weighted by Gasteiger charge is -2.24. The normalized spacial score (nSPS) is 14.8. The summed E-state index contributed by atoms with van der Waals surface area (Å²) in [7, 11) is -1.83. The Labute approximate surface area is 201 Å². The van der Waals surface area contributed by atoms with Gasteiger partial charge >= 0.3 is 0 Å². The second-order valence-corrected chi connectivity index (χ2v) is 10.2. The van der Waals surface area contributed by atoms with Crippen LogP contribution in [0.4, 0.5) is 5.82 Å². The summed E-state index contributed by atoms with van der Waals surface area (Å²) in [5.74, 6) is 0.0854. The van der Waals surface area contributed by atoms with Crippen LogP contribution >= 0.6 is 11.6 Å². The molecule has 0 aliphatic carbocycles. The third-order valence-corrected chi connectivity index (χ3v) is 7.40. The molecule has 0 radical (unpaired) electrons. The minimum Gasteiger partial charge on any atom is -0.363 e. The maximum absolute atomic E-state index is 13.1. The van der Waals surface area contributed by atoms with Crippen molar-refractivity contribution < 1.29 is 12.9 Å². The molecule has 1 aliphatic heterocycles. The van der Waals surface area contributed by atoms with E-state index < -0.39 is 10.0 Å². The first-order valence-electron chi connectivity index (χ1n) is 10.6. The average Bonchev–Trinajstić information content (AvgIpc) is 3.32. The zero-order chi connectivity index (χ0) is 23.9. The molecule has 4 aromatic rings. The van der Waals surface area contributed by atoms with Crippen molar-refractivity contribution in [1.82, 2.24) is 14.6 Å². The monoisotopic (exact) mass is 496 g/mol. The number of anilines is 1. The Hall–Kier alpha value is -3.40. The Bertz CT molecular complexity index is 1580. The standard InChI is InChI=1S/C24H21ClN4O4S/c1-28-11-8-16(9-12-28)20-15-18(25)3-5-22(20)29-21-6-4-19(14-17(21)2-7-24(29)30)34(31,32)27-23-10-13-33-26-23/h2-8,10,13-15H,9,11-12H2,1H3,(H,26,27). The van der Waals surface area contributed by atoms with E-state index in [2.05, 4.69) is 32.4 Å². The molecule has 0 fully saturated rings. The zero-order valence-corrected chi connectivity index (χ0v) is 19.8. The third kappa shape index (κ3) is 4.25. The van der Waals surface area contributed by atoms with Crippen LogP contribution in [0.3, 0.4) is 0 Å². The van der Waals surface area contributed by atoms with E-state index in [-0.39, 0.29) is 16.3 Å². The largest absolute Gasteiger partial charge is 0.363 e. The van der Waals surface area contributed by atoms with Crippen LogP contribution in [-0.2, 0) is 10.0 Å². The van der Waals surface area contributed by atoms with Crippen molar-refractivity contribution in [2.75, 3.05) is 24.9 Å². The van der Waals surface area contributed by atoms with Crippen LogP contribution < -0.4 is 10.3 Å². The van der Waals surface area contributed by atoms with Gasteiger partial charge in [0.2, 0.25) is 0 Å².